The lowest BCUT2D eigenvalue weighted by Gasteiger charge is -2.21. The Bertz CT molecular complexity index is 598. The first-order chi connectivity index (χ1) is 11.4. The quantitative estimate of drug-likeness (QED) is 0.400. The average Bonchev–Trinajstić information content (AvgIpc) is 3.24. The average molecular weight is 350 g/mol. The molecule has 0 aliphatic heterocycles. The molecule has 1 aromatic heterocycles. The summed E-state index contributed by atoms with van der Waals surface area (Å²) in [5, 5.41) is 12.4. The maximum absolute atomic E-state index is 11.9. The smallest absolute Gasteiger partial charge is 0.239 e. The third kappa shape index (κ3) is 6.70. The second-order valence-corrected chi connectivity index (χ2v) is 7.83. The van der Waals surface area contributed by atoms with Crippen LogP contribution in [0.1, 0.15) is 50.2 Å². The molecule has 24 heavy (non-hydrogen) atoms. The van der Waals surface area contributed by atoms with Gasteiger partial charge >= 0.3 is 0 Å². The Morgan fingerprint density at radius 3 is 2.83 bits per heavy atom. The molecule has 1 amide bonds. The van der Waals surface area contributed by atoms with Crippen molar-refractivity contribution in [1.29, 1.82) is 0 Å². The van der Waals surface area contributed by atoms with Crippen molar-refractivity contribution >= 4 is 23.2 Å². The molecule has 0 bridgehead atoms. The van der Waals surface area contributed by atoms with Gasteiger partial charge in [-0.1, -0.05) is 6.08 Å². The van der Waals surface area contributed by atoms with Gasteiger partial charge in [-0.2, -0.15) is 0 Å². The molecule has 7 heteroatoms. The Hall–Kier alpha value is -1.89. The molecule has 1 aromatic rings. The van der Waals surface area contributed by atoms with Crippen LogP contribution in [0, 0.1) is 0 Å². The molecule has 0 aromatic carbocycles. The minimum absolute atomic E-state index is 0.0692. The lowest BCUT2D eigenvalue weighted by Crippen LogP contribution is -2.48. The highest BCUT2D eigenvalue weighted by atomic mass is 32.1. The molecule has 0 radical (unpaired) electrons. The molecule has 0 spiro atoms. The monoisotopic (exact) mass is 349 g/mol. The van der Waals surface area contributed by atoms with Gasteiger partial charge in [-0.05, 0) is 33.6 Å². The van der Waals surface area contributed by atoms with E-state index in [9.17, 15) is 4.79 Å². The largest absolute Gasteiger partial charge is 0.353 e. The highest BCUT2D eigenvalue weighted by Gasteiger charge is 2.26. The minimum Gasteiger partial charge on any atom is -0.353 e. The van der Waals surface area contributed by atoms with Gasteiger partial charge in [0.05, 0.1) is 23.8 Å². The molecule has 1 fully saturated rings. The molecular weight excluding hydrogens is 322 g/mol. The van der Waals surface area contributed by atoms with E-state index < -0.39 is 0 Å². The molecule has 1 aliphatic rings. The van der Waals surface area contributed by atoms with Crippen molar-refractivity contribution in [2.75, 3.05) is 13.1 Å². The number of guanidine groups is 1. The van der Waals surface area contributed by atoms with Crippen molar-refractivity contribution in [2.24, 2.45) is 4.99 Å². The van der Waals surface area contributed by atoms with E-state index >= 15 is 0 Å². The van der Waals surface area contributed by atoms with Crippen LogP contribution in [-0.2, 0) is 11.3 Å². The van der Waals surface area contributed by atoms with Crippen molar-refractivity contribution in [3.63, 3.8) is 0 Å². The highest BCUT2D eigenvalue weighted by Crippen LogP contribution is 2.41. The van der Waals surface area contributed by atoms with Gasteiger partial charge in [0.1, 0.15) is 0 Å². The minimum atomic E-state index is -0.246. The second-order valence-electron chi connectivity index (χ2n) is 6.94. The van der Waals surface area contributed by atoms with E-state index in [2.05, 4.69) is 37.9 Å². The number of aromatic nitrogens is 1. The van der Waals surface area contributed by atoms with Crippen molar-refractivity contribution in [3.05, 3.63) is 28.7 Å². The molecule has 1 saturated carbocycles. The molecule has 1 aliphatic carbocycles. The molecule has 3 N–H and O–H groups in total. The number of amides is 1. The van der Waals surface area contributed by atoms with Gasteiger partial charge in [0.2, 0.25) is 5.91 Å². The molecule has 6 nitrogen and oxygen atoms in total. The lowest BCUT2D eigenvalue weighted by molar-refractivity contribution is -0.121. The van der Waals surface area contributed by atoms with Crippen LogP contribution < -0.4 is 16.0 Å². The Kier molecular flexibility index (Phi) is 6.36. The molecule has 0 saturated heterocycles. The van der Waals surface area contributed by atoms with Crippen LogP contribution in [0.2, 0.25) is 0 Å². The summed E-state index contributed by atoms with van der Waals surface area (Å²) in [5.41, 5.74) is 0.727. The zero-order valence-corrected chi connectivity index (χ0v) is 15.5. The summed E-state index contributed by atoms with van der Waals surface area (Å²) in [5.74, 6) is 1.19. The summed E-state index contributed by atoms with van der Waals surface area (Å²) < 4.78 is 0. The zero-order chi connectivity index (χ0) is 17.6. The Balaban J connectivity index is 1.87. The number of nitrogens with one attached hydrogen (secondary N) is 3. The first-order valence-electron chi connectivity index (χ1n) is 8.26. The predicted octanol–water partition coefficient (Wildman–Crippen LogP) is 2.16. The van der Waals surface area contributed by atoms with Gasteiger partial charge in [-0.25, -0.2) is 9.98 Å². The summed E-state index contributed by atoms with van der Waals surface area (Å²) in [6, 6.07) is 0. The van der Waals surface area contributed by atoms with Crippen LogP contribution in [0.4, 0.5) is 0 Å². The van der Waals surface area contributed by atoms with Crippen LogP contribution in [0.5, 0.6) is 0 Å². The van der Waals surface area contributed by atoms with E-state index in [0.29, 0.717) is 25.0 Å². The SMILES string of the molecule is C=CCNC(=NCc1csc(C2CC2)n1)NCC(=O)NC(C)(C)C. The first kappa shape index (κ1) is 18.4. The number of hydrogen-bond donors (Lipinski definition) is 3. The maximum atomic E-state index is 11.9. The van der Waals surface area contributed by atoms with Gasteiger partial charge in [0, 0.05) is 23.4 Å². The van der Waals surface area contributed by atoms with Gasteiger partial charge in [-0.15, -0.1) is 17.9 Å². The van der Waals surface area contributed by atoms with Crippen molar-refractivity contribution in [1.82, 2.24) is 20.9 Å². The van der Waals surface area contributed by atoms with E-state index in [1.165, 1.54) is 17.8 Å². The fraction of sp³-hybridized carbons (Fsp3) is 0.588. The van der Waals surface area contributed by atoms with Crippen molar-refractivity contribution in [2.45, 2.75) is 51.6 Å². The summed E-state index contributed by atoms with van der Waals surface area (Å²) in [6.07, 6.45) is 4.26. The number of hydrogen-bond acceptors (Lipinski definition) is 4. The van der Waals surface area contributed by atoms with Gasteiger partial charge < -0.3 is 16.0 Å². The van der Waals surface area contributed by atoms with E-state index in [-0.39, 0.29) is 18.0 Å². The van der Waals surface area contributed by atoms with Crippen LogP contribution in [0.3, 0.4) is 0 Å². The van der Waals surface area contributed by atoms with Crippen LogP contribution >= 0.6 is 11.3 Å². The number of aliphatic imine (C=N–C) groups is 1. The number of carbonyl (C=O) groups is 1. The van der Waals surface area contributed by atoms with Crippen molar-refractivity contribution in [3.8, 4) is 0 Å². The molecule has 132 valence electrons. The zero-order valence-electron chi connectivity index (χ0n) is 14.7. The summed E-state index contributed by atoms with van der Waals surface area (Å²) in [4.78, 5) is 21.0. The fourth-order valence-corrected chi connectivity index (χ4v) is 3.02. The number of rotatable bonds is 7. The van der Waals surface area contributed by atoms with Crippen LogP contribution in [0.25, 0.3) is 0 Å². The molecule has 0 unspecified atom stereocenters. The predicted molar refractivity (Wildman–Crippen MR) is 99.3 cm³/mol. The standard InChI is InChI=1S/C17H27N5OS/c1-5-8-18-16(20-10-14(23)22-17(2,3)4)19-9-13-11-24-15(21-13)12-6-7-12/h5,11-12H,1,6-10H2,2-4H3,(H,22,23)(H2,18,19,20). The summed E-state index contributed by atoms with van der Waals surface area (Å²) in [6.45, 7) is 10.8. The molecule has 2 rings (SSSR count). The van der Waals surface area contributed by atoms with Gasteiger partial charge in [-0.3, -0.25) is 4.79 Å². The van der Waals surface area contributed by atoms with E-state index in [1.807, 2.05) is 20.8 Å². The number of thiazole rings is 1. The van der Waals surface area contributed by atoms with E-state index in [0.717, 1.165) is 5.69 Å². The van der Waals surface area contributed by atoms with Crippen molar-refractivity contribution < 1.29 is 4.79 Å². The number of carbonyl (C=O) groups excluding carboxylic acids is 1. The van der Waals surface area contributed by atoms with Gasteiger partial charge in [0.25, 0.3) is 0 Å². The Labute approximate surface area is 147 Å². The highest BCUT2D eigenvalue weighted by molar-refractivity contribution is 7.09. The Morgan fingerprint density at radius 2 is 2.21 bits per heavy atom. The van der Waals surface area contributed by atoms with Gasteiger partial charge in [0.15, 0.2) is 5.96 Å². The normalized spacial score (nSPS) is 15.0. The van der Waals surface area contributed by atoms with Crippen LogP contribution in [-0.4, -0.2) is 35.5 Å². The molecule has 0 atom stereocenters. The lowest BCUT2D eigenvalue weighted by atomic mass is 10.1. The topological polar surface area (TPSA) is 78.4 Å². The second kappa shape index (κ2) is 8.28. The van der Waals surface area contributed by atoms with E-state index in [1.54, 1.807) is 17.4 Å². The Morgan fingerprint density at radius 1 is 1.46 bits per heavy atom. The van der Waals surface area contributed by atoms with E-state index in [4.69, 9.17) is 0 Å². The first-order valence-corrected chi connectivity index (χ1v) is 9.14. The number of nitrogens with zero attached hydrogens (tertiary/aromatic N) is 2. The van der Waals surface area contributed by atoms with Crippen LogP contribution in [0.15, 0.2) is 23.0 Å². The summed E-state index contributed by atoms with van der Waals surface area (Å²) >= 11 is 1.71. The molecule has 1 heterocycles. The third-order valence-corrected chi connectivity index (χ3v) is 4.30. The molecular formula is C17H27N5OS. The summed E-state index contributed by atoms with van der Waals surface area (Å²) in [7, 11) is 0. The third-order valence-electron chi connectivity index (χ3n) is 3.24. The maximum Gasteiger partial charge on any atom is 0.239 e. The fourth-order valence-electron chi connectivity index (χ4n) is 2.04.